The van der Waals surface area contributed by atoms with Crippen LogP contribution in [0.4, 0.5) is 5.82 Å². The minimum atomic E-state index is -0.773. The highest BCUT2D eigenvalue weighted by Crippen LogP contribution is 2.40. The maximum atomic E-state index is 11.7. The van der Waals surface area contributed by atoms with Crippen molar-refractivity contribution in [2.24, 2.45) is 0 Å². The van der Waals surface area contributed by atoms with Crippen molar-refractivity contribution in [3.63, 3.8) is 0 Å². The molecule has 1 aliphatic heterocycles. The minimum absolute atomic E-state index is 0.501. The van der Waals surface area contributed by atoms with Crippen LogP contribution in [0.1, 0.15) is 36.8 Å². The van der Waals surface area contributed by atoms with Crippen LogP contribution in [0.25, 0.3) is 21.3 Å². The number of hydrogen-bond acceptors (Lipinski definition) is 5. The van der Waals surface area contributed by atoms with Gasteiger partial charge in [-0.1, -0.05) is 18.2 Å². The zero-order chi connectivity index (χ0) is 18.4. The lowest BCUT2D eigenvalue weighted by molar-refractivity contribution is -0.138. The molecule has 0 saturated carbocycles. The van der Waals surface area contributed by atoms with E-state index >= 15 is 0 Å². The van der Waals surface area contributed by atoms with Gasteiger partial charge in [0.2, 0.25) is 0 Å². The second-order valence-electron chi connectivity index (χ2n) is 7.41. The van der Waals surface area contributed by atoms with E-state index in [1.165, 1.54) is 36.0 Å². The van der Waals surface area contributed by atoms with Gasteiger partial charge in [0.1, 0.15) is 23.0 Å². The molecule has 0 spiro atoms. The fraction of sp³-hybridized carbons (Fsp3) is 0.381. The van der Waals surface area contributed by atoms with Gasteiger partial charge in [0.15, 0.2) is 0 Å². The molecule has 1 atom stereocenters. The van der Waals surface area contributed by atoms with Crippen LogP contribution in [-0.4, -0.2) is 33.6 Å². The van der Waals surface area contributed by atoms with Gasteiger partial charge in [-0.25, -0.2) is 14.8 Å². The van der Waals surface area contributed by atoms with Gasteiger partial charge < -0.3 is 10.0 Å². The molecule has 1 fully saturated rings. The number of carboxylic acids is 1. The van der Waals surface area contributed by atoms with Crippen molar-refractivity contribution >= 4 is 33.3 Å². The molecule has 1 aliphatic carbocycles. The summed E-state index contributed by atoms with van der Waals surface area (Å²) in [5.41, 5.74) is 5.21. The Labute approximate surface area is 161 Å². The molecule has 6 heteroatoms. The Morgan fingerprint density at radius 1 is 1.15 bits per heavy atom. The quantitative estimate of drug-likeness (QED) is 0.735. The van der Waals surface area contributed by atoms with Crippen LogP contribution in [0, 0.1) is 0 Å². The maximum absolute atomic E-state index is 11.7. The number of carbonyl (C=O) groups is 1. The Hall–Kier alpha value is -2.47. The molecule has 2 aromatic heterocycles. The van der Waals surface area contributed by atoms with Crippen molar-refractivity contribution in [2.45, 2.75) is 44.6 Å². The first-order chi connectivity index (χ1) is 13.2. The molecule has 5 rings (SSSR count). The average molecular weight is 379 g/mol. The molecule has 27 heavy (non-hydrogen) atoms. The third kappa shape index (κ3) is 2.79. The first-order valence-electron chi connectivity index (χ1n) is 9.56. The lowest BCUT2D eigenvalue weighted by Crippen LogP contribution is -2.36. The number of benzene rings is 1. The van der Waals surface area contributed by atoms with Crippen molar-refractivity contribution in [3.8, 4) is 11.1 Å². The summed E-state index contributed by atoms with van der Waals surface area (Å²) in [7, 11) is 0. The van der Waals surface area contributed by atoms with E-state index in [-0.39, 0.29) is 0 Å². The van der Waals surface area contributed by atoms with E-state index in [0.29, 0.717) is 6.42 Å². The Morgan fingerprint density at radius 2 is 2.00 bits per heavy atom. The Bertz CT molecular complexity index is 1030. The average Bonchev–Trinajstić information content (AvgIpc) is 3.34. The molecule has 2 aliphatic rings. The highest BCUT2D eigenvalue weighted by atomic mass is 32.1. The van der Waals surface area contributed by atoms with Gasteiger partial charge in [-0.05, 0) is 55.2 Å². The molecule has 5 nitrogen and oxygen atoms in total. The normalized spacial score (nSPS) is 19.4. The number of nitrogens with zero attached hydrogens (tertiary/aromatic N) is 3. The van der Waals surface area contributed by atoms with Gasteiger partial charge in [-0.3, -0.25) is 0 Å². The lowest BCUT2D eigenvalue weighted by atomic mass is 9.89. The highest BCUT2D eigenvalue weighted by Gasteiger charge is 2.33. The number of aromatic nitrogens is 2. The summed E-state index contributed by atoms with van der Waals surface area (Å²) in [4.78, 5) is 23.5. The molecular formula is C21H21N3O2S. The fourth-order valence-electron chi connectivity index (χ4n) is 4.47. The highest BCUT2D eigenvalue weighted by molar-refractivity contribution is 7.17. The molecule has 1 unspecified atom stereocenters. The van der Waals surface area contributed by atoms with Crippen LogP contribution in [0.2, 0.25) is 0 Å². The van der Waals surface area contributed by atoms with Crippen LogP contribution in [0.3, 0.4) is 0 Å². The number of anilines is 1. The summed E-state index contributed by atoms with van der Waals surface area (Å²) in [5, 5.41) is 12.7. The van der Waals surface area contributed by atoms with Crippen molar-refractivity contribution < 1.29 is 9.90 Å². The topological polar surface area (TPSA) is 66.3 Å². The number of aryl methyl sites for hydroxylation is 2. The van der Waals surface area contributed by atoms with Crippen LogP contribution in [0.5, 0.6) is 0 Å². The summed E-state index contributed by atoms with van der Waals surface area (Å²) in [5.74, 6) is -0.0105. The molecule has 3 aromatic rings. The number of aliphatic carboxylic acids is 1. The predicted molar refractivity (Wildman–Crippen MR) is 107 cm³/mol. The summed E-state index contributed by atoms with van der Waals surface area (Å²) in [6.45, 7) is 0.725. The van der Waals surface area contributed by atoms with Gasteiger partial charge in [0, 0.05) is 17.5 Å². The SMILES string of the molecule is O=C(O)C1CCCN1c1ncnc2scc(-c3ccc4c(c3)CCCC4)c12. The minimum Gasteiger partial charge on any atom is -0.480 e. The van der Waals surface area contributed by atoms with E-state index in [1.807, 2.05) is 4.90 Å². The number of hydrogen-bond donors (Lipinski definition) is 1. The first kappa shape index (κ1) is 16.7. The second-order valence-corrected chi connectivity index (χ2v) is 8.27. The number of thiophene rings is 1. The number of fused-ring (bicyclic) bond motifs is 2. The largest absolute Gasteiger partial charge is 0.480 e. The van der Waals surface area contributed by atoms with Crippen LogP contribution < -0.4 is 4.90 Å². The summed E-state index contributed by atoms with van der Waals surface area (Å²) < 4.78 is 0. The summed E-state index contributed by atoms with van der Waals surface area (Å²) in [6, 6.07) is 6.26. The third-order valence-electron chi connectivity index (χ3n) is 5.82. The van der Waals surface area contributed by atoms with Gasteiger partial charge in [-0.15, -0.1) is 11.3 Å². The standard InChI is InChI=1S/C21H21N3O2S/c25-21(26)17-6-3-9-24(17)19-18-16(11-27-20(18)23-12-22-19)15-8-7-13-4-1-2-5-14(13)10-15/h7-8,10-12,17H,1-6,9H2,(H,25,26). The molecular weight excluding hydrogens is 358 g/mol. The molecule has 1 N–H and O–H groups in total. The predicted octanol–water partition coefficient (Wildman–Crippen LogP) is 4.29. The van der Waals surface area contributed by atoms with Crippen LogP contribution in [0.15, 0.2) is 29.9 Å². The molecule has 3 heterocycles. The zero-order valence-electron chi connectivity index (χ0n) is 15.0. The first-order valence-corrected chi connectivity index (χ1v) is 10.4. The van der Waals surface area contributed by atoms with Crippen LogP contribution in [-0.2, 0) is 17.6 Å². The van der Waals surface area contributed by atoms with Crippen molar-refractivity contribution in [1.29, 1.82) is 0 Å². The maximum Gasteiger partial charge on any atom is 0.326 e. The lowest BCUT2D eigenvalue weighted by Gasteiger charge is -2.23. The summed E-state index contributed by atoms with van der Waals surface area (Å²) in [6.07, 6.45) is 7.94. The van der Waals surface area contributed by atoms with E-state index < -0.39 is 12.0 Å². The Balaban J connectivity index is 1.65. The second kappa shape index (κ2) is 6.60. The molecule has 1 saturated heterocycles. The Kier molecular flexibility index (Phi) is 4.08. The molecule has 0 radical (unpaired) electrons. The molecule has 0 bridgehead atoms. The number of rotatable bonds is 3. The van der Waals surface area contributed by atoms with Crippen LogP contribution >= 0.6 is 11.3 Å². The smallest absolute Gasteiger partial charge is 0.326 e. The van der Waals surface area contributed by atoms with Crippen molar-refractivity contribution in [1.82, 2.24) is 9.97 Å². The van der Waals surface area contributed by atoms with E-state index in [9.17, 15) is 9.90 Å². The fourth-order valence-corrected chi connectivity index (χ4v) is 5.38. The van der Waals surface area contributed by atoms with Gasteiger partial charge in [-0.2, -0.15) is 0 Å². The zero-order valence-corrected chi connectivity index (χ0v) is 15.8. The van der Waals surface area contributed by atoms with E-state index in [4.69, 9.17) is 0 Å². The monoisotopic (exact) mass is 379 g/mol. The third-order valence-corrected chi connectivity index (χ3v) is 6.71. The molecule has 138 valence electrons. The Morgan fingerprint density at radius 3 is 2.85 bits per heavy atom. The molecule has 1 aromatic carbocycles. The van der Waals surface area contributed by atoms with E-state index in [1.54, 1.807) is 17.7 Å². The van der Waals surface area contributed by atoms with Gasteiger partial charge in [0.25, 0.3) is 0 Å². The van der Waals surface area contributed by atoms with E-state index in [2.05, 4.69) is 33.5 Å². The van der Waals surface area contributed by atoms with Crippen molar-refractivity contribution in [3.05, 3.63) is 41.0 Å². The van der Waals surface area contributed by atoms with Crippen molar-refractivity contribution in [2.75, 3.05) is 11.4 Å². The number of carboxylic acid groups (broad SMARTS) is 1. The summed E-state index contributed by atoms with van der Waals surface area (Å²) >= 11 is 1.60. The molecule has 0 amide bonds. The van der Waals surface area contributed by atoms with E-state index in [0.717, 1.165) is 41.0 Å². The van der Waals surface area contributed by atoms with Gasteiger partial charge >= 0.3 is 5.97 Å². The van der Waals surface area contributed by atoms with Gasteiger partial charge in [0.05, 0.1) is 5.39 Å².